The van der Waals surface area contributed by atoms with Gasteiger partial charge in [0.2, 0.25) is 0 Å². The molecule has 1 saturated heterocycles. The third kappa shape index (κ3) is 4.86. The maximum atomic E-state index is 13.2. The van der Waals surface area contributed by atoms with Crippen LogP contribution in [0.5, 0.6) is 11.5 Å². The molecule has 1 heterocycles. The number of hydrogen-bond donors (Lipinski definition) is 1. The number of carbonyl (C=O) groups is 3. The van der Waals surface area contributed by atoms with E-state index in [4.69, 9.17) is 9.47 Å². The second-order valence-electron chi connectivity index (χ2n) is 8.82. The second-order valence-corrected chi connectivity index (χ2v) is 8.82. The largest absolute Gasteiger partial charge is 0.493 e. The highest BCUT2D eigenvalue weighted by Gasteiger charge is 2.36. The number of nitrogens with one attached hydrogen (secondary N) is 1. The van der Waals surface area contributed by atoms with Gasteiger partial charge in [0.1, 0.15) is 12.2 Å². The molecule has 0 atom stereocenters. The maximum absolute atomic E-state index is 13.2. The number of anilines is 1. The van der Waals surface area contributed by atoms with Gasteiger partial charge in [-0.15, -0.1) is 0 Å². The minimum atomic E-state index is -0.781. The molecule has 7 nitrogen and oxygen atoms in total. The first-order chi connectivity index (χ1) is 18.5. The lowest BCUT2D eigenvalue weighted by Gasteiger charge is -2.26. The van der Waals surface area contributed by atoms with E-state index in [0.717, 1.165) is 33.2 Å². The Kier molecular flexibility index (Phi) is 6.91. The molecule has 0 aliphatic carbocycles. The predicted molar refractivity (Wildman–Crippen MR) is 146 cm³/mol. The molecule has 0 bridgehead atoms. The van der Waals surface area contributed by atoms with E-state index in [2.05, 4.69) is 23.5 Å². The normalized spacial score (nSPS) is 14.6. The number of fused-ring (bicyclic) bond motifs is 1. The zero-order valence-electron chi connectivity index (χ0n) is 21.1. The van der Waals surface area contributed by atoms with Crippen LogP contribution in [0.3, 0.4) is 0 Å². The maximum Gasteiger partial charge on any atom is 0.335 e. The van der Waals surface area contributed by atoms with Crippen LogP contribution in [0, 0.1) is 0 Å². The molecule has 190 valence electrons. The van der Waals surface area contributed by atoms with Crippen LogP contribution in [0.15, 0.2) is 90.5 Å². The van der Waals surface area contributed by atoms with Crippen LogP contribution < -0.4 is 19.7 Å². The van der Waals surface area contributed by atoms with Gasteiger partial charge in [-0.3, -0.25) is 14.9 Å². The van der Waals surface area contributed by atoms with Crippen molar-refractivity contribution >= 4 is 40.4 Å². The van der Waals surface area contributed by atoms with Crippen molar-refractivity contribution in [3.63, 3.8) is 0 Å². The Hall–Kier alpha value is -4.91. The van der Waals surface area contributed by atoms with Gasteiger partial charge in [0, 0.05) is 0 Å². The van der Waals surface area contributed by atoms with Gasteiger partial charge < -0.3 is 9.47 Å². The van der Waals surface area contributed by atoms with Crippen molar-refractivity contribution in [2.75, 3.05) is 12.0 Å². The molecule has 1 N–H and O–H groups in total. The number of aryl methyl sites for hydroxylation is 1. The Bertz CT molecular complexity index is 1570. The van der Waals surface area contributed by atoms with Crippen molar-refractivity contribution in [3.05, 3.63) is 107 Å². The molecule has 4 aromatic carbocycles. The third-order valence-electron chi connectivity index (χ3n) is 6.47. The molecule has 1 aliphatic heterocycles. The number of rotatable bonds is 7. The van der Waals surface area contributed by atoms with Gasteiger partial charge >= 0.3 is 6.03 Å². The van der Waals surface area contributed by atoms with E-state index in [1.165, 1.54) is 13.2 Å². The number of carbonyl (C=O) groups excluding carboxylic acids is 3. The van der Waals surface area contributed by atoms with Gasteiger partial charge in [0.05, 0.1) is 12.8 Å². The summed E-state index contributed by atoms with van der Waals surface area (Å²) in [6, 6.07) is 25.6. The summed E-state index contributed by atoms with van der Waals surface area (Å²) in [5, 5.41) is 4.50. The Balaban J connectivity index is 1.39. The Morgan fingerprint density at radius 2 is 1.63 bits per heavy atom. The SMILES string of the molecule is CCc1ccc(N2C(=O)NC(=O)/C(=C/c3ccc(OCc4cccc5ccccc45)c(OC)c3)C2=O)cc1. The van der Waals surface area contributed by atoms with Gasteiger partial charge in [0.25, 0.3) is 11.8 Å². The number of methoxy groups -OCH3 is 1. The van der Waals surface area contributed by atoms with Crippen molar-refractivity contribution in [1.29, 1.82) is 0 Å². The topological polar surface area (TPSA) is 84.9 Å². The number of nitrogens with zero attached hydrogens (tertiary/aromatic N) is 1. The monoisotopic (exact) mass is 506 g/mol. The summed E-state index contributed by atoms with van der Waals surface area (Å²) in [5.41, 5.74) is 2.89. The van der Waals surface area contributed by atoms with Gasteiger partial charge in [-0.05, 0) is 64.2 Å². The number of hydrogen-bond acceptors (Lipinski definition) is 5. The average Bonchev–Trinajstić information content (AvgIpc) is 2.94. The van der Waals surface area contributed by atoms with Crippen LogP contribution in [-0.4, -0.2) is 25.0 Å². The highest BCUT2D eigenvalue weighted by Crippen LogP contribution is 2.31. The fourth-order valence-electron chi connectivity index (χ4n) is 4.41. The Morgan fingerprint density at radius 1 is 0.868 bits per heavy atom. The molecule has 0 unspecified atom stereocenters. The van der Waals surface area contributed by atoms with Gasteiger partial charge in [0.15, 0.2) is 11.5 Å². The molecule has 1 aliphatic rings. The fourth-order valence-corrected chi connectivity index (χ4v) is 4.41. The Morgan fingerprint density at radius 3 is 2.39 bits per heavy atom. The van der Waals surface area contributed by atoms with Crippen LogP contribution >= 0.6 is 0 Å². The van der Waals surface area contributed by atoms with Gasteiger partial charge in [-0.1, -0.05) is 67.6 Å². The average molecular weight is 507 g/mol. The van der Waals surface area contributed by atoms with Crippen molar-refractivity contribution in [2.45, 2.75) is 20.0 Å². The van der Waals surface area contributed by atoms with Crippen molar-refractivity contribution in [1.82, 2.24) is 5.32 Å². The van der Waals surface area contributed by atoms with Crippen molar-refractivity contribution < 1.29 is 23.9 Å². The van der Waals surface area contributed by atoms with Crippen LogP contribution in [0.2, 0.25) is 0 Å². The van der Waals surface area contributed by atoms with Gasteiger partial charge in [-0.25, -0.2) is 9.69 Å². The molecule has 0 spiro atoms. The summed E-state index contributed by atoms with van der Waals surface area (Å²) < 4.78 is 11.6. The number of barbiturate groups is 1. The van der Waals surface area contributed by atoms with Gasteiger partial charge in [-0.2, -0.15) is 0 Å². The van der Waals surface area contributed by atoms with E-state index >= 15 is 0 Å². The minimum absolute atomic E-state index is 0.157. The first-order valence-corrected chi connectivity index (χ1v) is 12.3. The summed E-state index contributed by atoms with van der Waals surface area (Å²) in [4.78, 5) is 39.3. The lowest BCUT2D eigenvalue weighted by molar-refractivity contribution is -0.122. The quantitative estimate of drug-likeness (QED) is 0.258. The van der Waals surface area contributed by atoms with Crippen molar-refractivity contribution in [3.8, 4) is 11.5 Å². The van der Waals surface area contributed by atoms with Crippen LogP contribution in [-0.2, 0) is 22.6 Å². The first-order valence-electron chi connectivity index (χ1n) is 12.3. The fraction of sp³-hybridized carbons (Fsp3) is 0.129. The number of imide groups is 2. The summed E-state index contributed by atoms with van der Waals surface area (Å²) in [7, 11) is 1.52. The lowest BCUT2D eigenvalue weighted by Crippen LogP contribution is -2.54. The predicted octanol–water partition coefficient (Wildman–Crippen LogP) is 5.66. The number of ether oxygens (including phenoxy) is 2. The molecule has 5 rings (SSSR count). The van der Waals surface area contributed by atoms with E-state index in [9.17, 15) is 14.4 Å². The lowest BCUT2D eigenvalue weighted by atomic mass is 10.1. The van der Waals surface area contributed by atoms with E-state index in [0.29, 0.717) is 29.4 Å². The molecule has 7 heteroatoms. The smallest absolute Gasteiger partial charge is 0.335 e. The molecule has 38 heavy (non-hydrogen) atoms. The molecule has 4 aromatic rings. The highest BCUT2D eigenvalue weighted by molar-refractivity contribution is 6.39. The van der Waals surface area contributed by atoms with Crippen molar-refractivity contribution in [2.24, 2.45) is 0 Å². The molecule has 4 amide bonds. The van der Waals surface area contributed by atoms with E-state index in [1.807, 2.05) is 43.3 Å². The van der Waals surface area contributed by atoms with Crippen LogP contribution in [0.4, 0.5) is 10.5 Å². The Labute approximate surface area is 220 Å². The summed E-state index contributed by atoms with van der Waals surface area (Å²) in [6.07, 6.45) is 2.27. The van der Waals surface area contributed by atoms with E-state index in [1.54, 1.807) is 30.3 Å². The van der Waals surface area contributed by atoms with E-state index in [-0.39, 0.29) is 5.57 Å². The molecule has 1 fully saturated rings. The van der Waals surface area contributed by atoms with E-state index < -0.39 is 17.8 Å². The van der Waals surface area contributed by atoms with Crippen LogP contribution in [0.25, 0.3) is 16.8 Å². The van der Waals surface area contributed by atoms with Crippen LogP contribution in [0.1, 0.15) is 23.6 Å². The molecule has 0 aromatic heterocycles. The zero-order valence-corrected chi connectivity index (χ0v) is 21.1. The number of benzene rings is 4. The molecular weight excluding hydrogens is 480 g/mol. The first kappa shape index (κ1) is 24.8. The standard InChI is InChI=1S/C31H26N2O5/c1-3-20-11-14-24(15-12-20)33-30(35)26(29(34)32-31(33)36)17-21-13-16-27(28(18-21)37-2)38-19-23-9-6-8-22-7-4-5-10-25(22)23/h4-18H,3,19H2,1-2H3,(H,32,34,36)/b26-17-. The summed E-state index contributed by atoms with van der Waals surface area (Å²) in [5.74, 6) is -0.476. The summed E-state index contributed by atoms with van der Waals surface area (Å²) >= 11 is 0. The third-order valence-corrected chi connectivity index (χ3v) is 6.47. The number of urea groups is 1. The number of amides is 4. The minimum Gasteiger partial charge on any atom is -0.493 e. The second kappa shape index (κ2) is 10.6. The molecular formula is C31H26N2O5. The molecule has 0 radical (unpaired) electrons. The highest BCUT2D eigenvalue weighted by atomic mass is 16.5. The zero-order chi connectivity index (χ0) is 26.6. The summed E-state index contributed by atoms with van der Waals surface area (Å²) in [6.45, 7) is 2.36. The molecule has 0 saturated carbocycles.